The third-order valence-electron chi connectivity index (χ3n) is 21.2. The van der Waals surface area contributed by atoms with Crippen LogP contribution in [0.4, 0.5) is 0 Å². The van der Waals surface area contributed by atoms with Crippen molar-refractivity contribution in [3.63, 3.8) is 0 Å². The van der Waals surface area contributed by atoms with E-state index in [-0.39, 0.29) is 11.7 Å². The predicted octanol–water partition coefficient (Wildman–Crippen LogP) is 2.87. The van der Waals surface area contributed by atoms with Gasteiger partial charge in [-0.2, -0.15) is 0 Å². The minimum Gasteiger partial charge on any atom is -0.456 e. The van der Waals surface area contributed by atoms with Crippen LogP contribution in [0.2, 0.25) is 0 Å². The van der Waals surface area contributed by atoms with E-state index in [1.807, 2.05) is 0 Å². The zero-order valence-electron chi connectivity index (χ0n) is 66.5. The van der Waals surface area contributed by atoms with Crippen LogP contribution in [0.25, 0.3) is 0 Å². The number of unbranched alkanes of at least 4 members (excludes halogenated alkanes) is 14. The average molecular weight is 1600 g/mol. The third-order valence-corrected chi connectivity index (χ3v) is 21.2. The quantitative estimate of drug-likeness (QED) is 0.0341. The predicted molar refractivity (Wildman–Crippen MR) is 401 cm³/mol. The lowest BCUT2D eigenvalue weighted by molar-refractivity contribution is -0.241. The molecule has 0 spiro atoms. The Morgan fingerprint density at radius 3 is 1.37 bits per heavy atom. The third kappa shape index (κ3) is 24.4. The Hall–Kier alpha value is -8.20. The van der Waals surface area contributed by atoms with Gasteiger partial charge in [-0.05, 0) is 105 Å². The normalized spacial score (nSPS) is 28.1. The molecular formula is C77H118N10O26. The maximum Gasteiger partial charge on any atom is 0.330 e. The Morgan fingerprint density at radius 1 is 0.566 bits per heavy atom. The van der Waals surface area contributed by atoms with Gasteiger partial charge in [0.05, 0.1) is 10.8 Å². The molecule has 0 radical (unpaired) electrons. The molecule has 18 atom stereocenters. The van der Waals surface area contributed by atoms with Crippen molar-refractivity contribution in [2.24, 2.45) is 22.3 Å². The second-order valence-corrected chi connectivity index (χ2v) is 31.5. The van der Waals surface area contributed by atoms with Crippen LogP contribution >= 0.6 is 0 Å². The van der Waals surface area contributed by atoms with Crippen LogP contribution < -0.4 is 55.2 Å². The molecule has 9 rings (SSSR count). The van der Waals surface area contributed by atoms with Crippen LogP contribution in [0.3, 0.4) is 0 Å². The molecule has 0 aromatic carbocycles. The molecular weight excluding hydrogens is 1480 g/mol. The number of rotatable bonds is 38. The minimum absolute atomic E-state index is 0.244. The lowest BCUT2D eigenvalue weighted by Gasteiger charge is -2.35. The largest absolute Gasteiger partial charge is 0.456 e. The number of nitrogens with two attached hydrogens (primary N) is 2. The summed E-state index contributed by atoms with van der Waals surface area (Å²) in [5.74, 6) is -7.66. The molecule has 0 aliphatic carbocycles. The summed E-state index contributed by atoms with van der Waals surface area (Å²) >= 11 is 0. The van der Waals surface area contributed by atoms with Crippen molar-refractivity contribution in [2.45, 2.75) is 326 Å². The van der Waals surface area contributed by atoms with Gasteiger partial charge in [-0.25, -0.2) is 9.59 Å². The van der Waals surface area contributed by atoms with Gasteiger partial charge in [0.1, 0.15) is 54.8 Å². The first kappa shape index (κ1) is 90.3. The number of aliphatic hydroxyl groups is 2. The summed E-state index contributed by atoms with van der Waals surface area (Å²) in [6.07, 6.45) is 3.10. The Bertz CT molecular complexity index is 3870. The van der Waals surface area contributed by atoms with Crippen LogP contribution in [0.1, 0.15) is 222 Å². The maximum atomic E-state index is 13.9. The second-order valence-electron chi connectivity index (χ2n) is 31.5. The first-order valence-corrected chi connectivity index (χ1v) is 39.7. The SMILES string of the molecule is CCCCCCCCCCC(C)(C)C(=O)O[C@@H]1[C@H](OC)[C@@H]([C@@H](O[C@H]2OC(C(=O)N[C@H]3CCCCNC3=O)=C[C@@H]3OC(C)(C)O[C@H]23)C(N)=O)O[C@H]1n1ccc(=O)[nH]c1=O.CCCCCCCCCCC(C)(C)C(=O)O[C@@H]1[C@H](OC)[C@@H]([C@@H](O[C@H]2OC(C(=O)N[C@H]3CCCCNC3=O)=C[C@H](O)[C@@H]2O)C(N)=O)O[C@H]1n1ccc(=O)[nH]c1=O. The zero-order chi connectivity index (χ0) is 82.5. The molecule has 2 aromatic heterocycles. The van der Waals surface area contributed by atoms with Gasteiger partial charge in [0, 0.05) is 51.8 Å². The van der Waals surface area contributed by atoms with E-state index in [0.717, 1.165) is 97.7 Å². The number of primary amides is 2. The number of methoxy groups -OCH3 is 2. The van der Waals surface area contributed by atoms with Crippen LogP contribution in [0.15, 0.2) is 67.4 Å². The summed E-state index contributed by atoms with van der Waals surface area (Å²) in [6.45, 7) is 15.6. The smallest absolute Gasteiger partial charge is 0.330 e. The number of hydrogen-bond donors (Lipinski definition) is 10. The van der Waals surface area contributed by atoms with Crippen LogP contribution in [-0.2, 0) is 95.2 Å². The number of nitrogens with one attached hydrogen (secondary N) is 6. The average Bonchev–Trinajstić information content (AvgIpc) is 1.63. The van der Waals surface area contributed by atoms with E-state index in [2.05, 4.69) is 45.1 Å². The van der Waals surface area contributed by atoms with Crippen molar-refractivity contribution in [3.8, 4) is 0 Å². The summed E-state index contributed by atoms with van der Waals surface area (Å²) in [7, 11) is 2.55. The Morgan fingerprint density at radius 2 is 0.965 bits per heavy atom. The fourth-order valence-corrected chi connectivity index (χ4v) is 14.7. The Labute approximate surface area is 655 Å². The van der Waals surface area contributed by atoms with E-state index in [9.17, 15) is 67.7 Å². The van der Waals surface area contributed by atoms with Gasteiger partial charge in [0.2, 0.25) is 36.2 Å². The van der Waals surface area contributed by atoms with Gasteiger partial charge < -0.3 is 99.8 Å². The lowest BCUT2D eigenvalue weighted by Crippen LogP contribution is -2.54. The number of esters is 2. The lowest BCUT2D eigenvalue weighted by atomic mass is 9.86. The minimum atomic E-state index is -1.89. The number of amides is 6. The molecule has 7 aliphatic rings. The zero-order valence-corrected chi connectivity index (χ0v) is 66.5. The van der Waals surface area contributed by atoms with E-state index < -0.39 is 197 Å². The van der Waals surface area contributed by atoms with Crippen LogP contribution in [-0.4, -0.2) is 208 Å². The fourth-order valence-electron chi connectivity index (χ4n) is 14.7. The molecule has 632 valence electrons. The van der Waals surface area contributed by atoms with Gasteiger partial charge in [-0.1, -0.05) is 117 Å². The van der Waals surface area contributed by atoms with Crippen molar-refractivity contribution >= 4 is 47.4 Å². The first-order valence-electron chi connectivity index (χ1n) is 39.7. The van der Waals surface area contributed by atoms with Gasteiger partial charge in [-0.3, -0.25) is 67.0 Å². The number of aromatic nitrogens is 4. The molecule has 0 bridgehead atoms. The highest BCUT2D eigenvalue weighted by Gasteiger charge is 2.59. The molecule has 6 amide bonds. The second kappa shape index (κ2) is 41.9. The molecule has 2 aromatic rings. The molecule has 36 nitrogen and oxygen atoms in total. The van der Waals surface area contributed by atoms with Crippen molar-refractivity contribution in [2.75, 3.05) is 27.3 Å². The number of fused-ring (bicyclic) bond motifs is 1. The molecule has 12 N–H and O–H groups in total. The molecule has 36 heteroatoms. The number of carbonyl (C=O) groups excluding carboxylic acids is 8. The highest BCUT2D eigenvalue weighted by molar-refractivity contribution is 5.96. The monoisotopic (exact) mass is 1600 g/mol. The van der Waals surface area contributed by atoms with Crippen LogP contribution in [0, 0.1) is 10.8 Å². The van der Waals surface area contributed by atoms with E-state index >= 15 is 0 Å². The highest BCUT2D eigenvalue weighted by Crippen LogP contribution is 2.43. The summed E-state index contributed by atoms with van der Waals surface area (Å²) in [6, 6.07) is 0.464. The fraction of sp³-hybridized carbons (Fsp3) is 0.740. The van der Waals surface area contributed by atoms with Crippen LogP contribution in [0.5, 0.6) is 0 Å². The standard InChI is InChI=1S/C40H61N5O13.C37H57N5O13/c1-7-8-9-10-11-12-13-15-19-39(2,3)37(50)56-31-28(52-6)29(54-35(31)45-21-18-26(46)44-38(45)51)30(32(41)47)55-36-27-24(57-40(4,5)58-27)22-25(53-36)34(49)43-23-17-14-16-20-42-33(23)48;1-5-6-7-8-9-10-11-13-17-37(2,3)35(49)55-29-26(51-4)27(53-33(29)42-19-16-24(44)41-36(42)50)28(30(38)46)54-34-25(45)22(43)20-23(52-34)32(48)40-21-15-12-14-18-39-31(21)47/h18,21-24,27-31,35-36H,7-17,19-20H2,1-6H3,(H2,41,47)(H,42,48)(H,43,49)(H,44,46,51);16,19-22,25-29,33-34,43,45H,5-15,17-18H2,1-4H3,(H2,38,46)(H,39,47)(H,40,48)(H,41,44,50)/t23-,24-,27-,28+,29-,30+,31+,35+,36+;21-,22-,25-,26+,27-,28+,29+,33+,34+/m00/s1. The molecule has 5 fully saturated rings. The van der Waals surface area contributed by atoms with Gasteiger partial charge in [-0.15, -0.1) is 0 Å². The van der Waals surface area contributed by atoms with Gasteiger partial charge >= 0.3 is 23.3 Å². The Kier molecular flexibility index (Phi) is 33.5. The number of hydrogen-bond acceptors (Lipinski definition) is 26. The molecule has 7 aliphatic heterocycles. The molecule has 113 heavy (non-hydrogen) atoms. The van der Waals surface area contributed by atoms with Crippen molar-refractivity contribution in [3.05, 3.63) is 89.9 Å². The van der Waals surface area contributed by atoms with Crippen molar-refractivity contribution < 1.29 is 105 Å². The molecule has 9 heterocycles. The maximum absolute atomic E-state index is 13.9. The first-order chi connectivity index (χ1) is 53.7. The van der Waals surface area contributed by atoms with E-state index in [1.165, 1.54) is 77.9 Å². The Balaban J connectivity index is 0.000000284. The summed E-state index contributed by atoms with van der Waals surface area (Å²) in [5, 5.41) is 32.2. The molecule has 0 saturated carbocycles. The number of nitrogens with zero attached hydrogens (tertiary/aromatic N) is 2. The number of aromatic amines is 2. The highest BCUT2D eigenvalue weighted by atomic mass is 16.8. The summed E-state index contributed by atoms with van der Waals surface area (Å²) in [5.41, 5.74) is 6.66. The van der Waals surface area contributed by atoms with Crippen molar-refractivity contribution in [1.82, 2.24) is 40.4 Å². The van der Waals surface area contributed by atoms with E-state index in [1.54, 1.807) is 41.5 Å². The topological polar surface area (TPSA) is 498 Å². The van der Waals surface area contributed by atoms with Gasteiger partial charge in [0.15, 0.2) is 60.3 Å². The van der Waals surface area contributed by atoms with E-state index in [4.69, 9.17) is 68.3 Å². The number of aliphatic hydroxyl groups excluding tert-OH is 2. The molecule has 0 unspecified atom stereocenters. The number of H-pyrrole nitrogens is 2. The summed E-state index contributed by atoms with van der Waals surface area (Å²) < 4.78 is 74.0. The number of ether oxygens (including phenoxy) is 12. The number of carbonyl (C=O) groups is 8. The van der Waals surface area contributed by atoms with E-state index in [0.29, 0.717) is 51.6 Å². The molecule has 5 saturated heterocycles. The summed E-state index contributed by atoms with van der Waals surface area (Å²) in [4.78, 5) is 160. The van der Waals surface area contributed by atoms with Crippen molar-refractivity contribution in [1.29, 1.82) is 0 Å². The van der Waals surface area contributed by atoms with Gasteiger partial charge in [0.25, 0.3) is 22.9 Å².